The smallest absolute Gasteiger partial charge is 0.0932 e. The van der Waals surface area contributed by atoms with E-state index >= 15 is 0 Å². The van der Waals surface area contributed by atoms with Crippen molar-refractivity contribution in [1.82, 2.24) is 0 Å². The minimum absolute atomic E-state index is 0.264. The van der Waals surface area contributed by atoms with Crippen LogP contribution in [0, 0.1) is 0 Å². The number of nitrogens with zero attached hydrogens (tertiary/aromatic N) is 1. The molecule has 18 heavy (non-hydrogen) atoms. The van der Waals surface area contributed by atoms with Gasteiger partial charge in [-0.05, 0) is 37.3 Å². The van der Waals surface area contributed by atoms with Gasteiger partial charge in [0.1, 0.15) is 0 Å². The van der Waals surface area contributed by atoms with Crippen LogP contribution in [0.2, 0.25) is 4.34 Å². The Kier molecular flexibility index (Phi) is 4.15. The molecule has 0 bridgehead atoms. The van der Waals surface area contributed by atoms with Crippen LogP contribution in [0.4, 0.5) is 11.4 Å². The predicted molar refractivity (Wildman–Crippen MR) is 82.1 cm³/mol. The molecule has 0 fully saturated rings. The summed E-state index contributed by atoms with van der Waals surface area (Å²) in [7, 11) is 4.09. The number of rotatable bonds is 4. The molecule has 1 heterocycles. The van der Waals surface area contributed by atoms with Crippen LogP contribution in [0.3, 0.4) is 0 Å². The first kappa shape index (κ1) is 13.2. The van der Waals surface area contributed by atoms with Gasteiger partial charge in [-0.1, -0.05) is 17.7 Å². The van der Waals surface area contributed by atoms with E-state index in [0.29, 0.717) is 0 Å². The van der Waals surface area contributed by atoms with Crippen LogP contribution >= 0.6 is 22.9 Å². The predicted octanol–water partition coefficient (Wildman–Crippen LogP) is 4.64. The van der Waals surface area contributed by atoms with Crippen molar-refractivity contribution in [3.05, 3.63) is 45.6 Å². The maximum absolute atomic E-state index is 5.96. The summed E-state index contributed by atoms with van der Waals surface area (Å²) in [6, 6.07) is 12.7. The van der Waals surface area contributed by atoms with Crippen molar-refractivity contribution in [2.75, 3.05) is 24.3 Å². The third-order valence-corrected chi connectivity index (χ3v) is 4.18. The summed E-state index contributed by atoms with van der Waals surface area (Å²) in [4.78, 5) is 3.34. The fourth-order valence-electron chi connectivity index (χ4n) is 1.76. The molecule has 0 saturated heterocycles. The molecule has 1 aromatic carbocycles. The van der Waals surface area contributed by atoms with Gasteiger partial charge in [-0.15, -0.1) is 11.3 Å². The van der Waals surface area contributed by atoms with Gasteiger partial charge >= 0.3 is 0 Å². The molecule has 2 aromatic rings. The highest BCUT2D eigenvalue weighted by atomic mass is 35.5. The summed E-state index contributed by atoms with van der Waals surface area (Å²) < 4.78 is 0.834. The lowest BCUT2D eigenvalue weighted by Crippen LogP contribution is -2.10. The van der Waals surface area contributed by atoms with E-state index < -0.39 is 0 Å². The van der Waals surface area contributed by atoms with Crippen LogP contribution in [0.15, 0.2) is 36.4 Å². The lowest BCUT2D eigenvalue weighted by molar-refractivity contribution is 0.908. The normalized spacial score (nSPS) is 12.2. The van der Waals surface area contributed by atoms with Gasteiger partial charge in [-0.25, -0.2) is 0 Å². The van der Waals surface area contributed by atoms with E-state index in [4.69, 9.17) is 11.6 Å². The summed E-state index contributed by atoms with van der Waals surface area (Å²) in [5, 5.41) is 3.49. The minimum atomic E-state index is 0.264. The maximum Gasteiger partial charge on any atom is 0.0932 e. The van der Waals surface area contributed by atoms with Crippen LogP contribution in [0.25, 0.3) is 0 Å². The molecule has 1 N–H and O–H groups in total. The fourth-order valence-corrected chi connectivity index (χ4v) is 2.82. The van der Waals surface area contributed by atoms with Crippen LogP contribution in [0.5, 0.6) is 0 Å². The van der Waals surface area contributed by atoms with E-state index in [1.165, 1.54) is 10.6 Å². The summed E-state index contributed by atoms with van der Waals surface area (Å²) in [6.07, 6.45) is 0. The van der Waals surface area contributed by atoms with Gasteiger partial charge in [0, 0.05) is 30.3 Å². The van der Waals surface area contributed by atoms with Crippen molar-refractivity contribution in [3.63, 3.8) is 0 Å². The first-order valence-electron chi connectivity index (χ1n) is 5.85. The van der Waals surface area contributed by atoms with Crippen molar-refractivity contribution in [1.29, 1.82) is 0 Å². The Labute approximate surface area is 117 Å². The number of hydrogen-bond acceptors (Lipinski definition) is 3. The molecular formula is C14H17ClN2S. The number of nitrogens with one attached hydrogen (secondary N) is 1. The van der Waals surface area contributed by atoms with Gasteiger partial charge in [0.15, 0.2) is 0 Å². The Hall–Kier alpha value is -1.19. The Balaban J connectivity index is 2.11. The second-order valence-electron chi connectivity index (χ2n) is 4.45. The summed E-state index contributed by atoms with van der Waals surface area (Å²) in [5.74, 6) is 0. The molecule has 0 aliphatic rings. The highest BCUT2D eigenvalue weighted by molar-refractivity contribution is 7.16. The SMILES string of the molecule is CC(Nc1cccc(N(C)C)c1)c1ccc(Cl)s1. The third kappa shape index (κ3) is 3.18. The van der Waals surface area contributed by atoms with E-state index in [2.05, 4.69) is 47.5 Å². The van der Waals surface area contributed by atoms with Gasteiger partial charge in [-0.2, -0.15) is 0 Å². The second kappa shape index (κ2) is 5.63. The number of anilines is 2. The van der Waals surface area contributed by atoms with E-state index in [-0.39, 0.29) is 6.04 Å². The zero-order valence-electron chi connectivity index (χ0n) is 10.8. The summed E-state index contributed by atoms with van der Waals surface area (Å²) in [5.41, 5.74) is 2.31. The highest BCUT2D eigenvalue weighted by Gasteiger charge is 2.08. The van der Waals surface area contributed by atoms with Gasteiger partial charge in [-0.3, -0.25) is 0 Å². The molecule has 96 valence electrons. The molecule has 1 aromatic heterocycles. The van der Waals surface area contributed by atoms with Crippen LogP contribution in [0.1, 0.15) is 17.8 Å². The van der Waals surface area contributed by atoms with E-state index in [1.54, 1.807) is 11.3 Å². The van der Waals surface area contributed by atoms with Crippen LogP contribution in [-0.4, -0.2) is 14.1 Å². The molecule has 0 saturated carbocycles. The average molecular weight is 281 g/mol. The molecule has 2 nitrogen and oxygen atoms in total. The molecule has 1 unspecified atom stereocenters. The standard InChI is InChI=1S/C14H17ClN2S/c1-10(13-7-8-14(15)18-13)16-11-5-4-6-12(9-11)17(2)3/h4-10,16H,1-3H3. The maximum atomic E-state index is 5.96. The Morgan fingerprint density at radius 2 is 2.00 bits per heavy atom. The van der Waals surface area contributed by atoms with Gasteiger partial charge in [0.2, 0.25) is 0 Å². The van der Waals surface area contributed by atoms with Crippen molar-refractivity contribution < 1.29 is 0 Å². The number of benzene rings is 1. The molecule has 2 rings (SSSR count). The Morgan fingerprint density at radius 3 is 2.61 bits per heavy atom. The lowest BCUT2D eigenvalue weighted by atomic mass is 10.2. The molecule has 0 amide bonds. The first-order chi connectivity index (χ1) is 8.56. The minimum Gasteiger partial charge on any atom is -0.378 e. The molecule has 0 radical (unpaired) electrons. The Bertz CT molecular complexity index is 522. The number of thiophene rings is 1. The molecule has 0 aliphatic heterocycles. The van der Waals surface area contributed by atoms with E-state index in [1.807, 2.05) is 20.2 Å². The largest absolute Gasteiger partial charge is 0.378 e. The molecular weight excluding hydrogens is 264 g/mol. The van der Waals surface area contributed by atoms with Gasteiger partial charge in [0.25, 0.3) is 0 Å². The van der Waals surface area contributed by atoms with E-state index in [0.717, 1.165) is 10.0 Å². The molecule has 4 heteroatoms. The molecule has 0 spiro atoms. The van der Waals surface area contributed by atoms with Gasteiger partial charge in [0.05, 0.1) is 10.4 Å². The Morgan fingerprint density at radius 1 is 1.22 bits per heavy atom. The number of halogens is 1. The molecule has 0 aliphatic carbocycles. The first-order valence-corrected chi connectivity index (χ1v) is 7.05. The summed E-state index contributed by atoms with van der Waals surface area (Å²) >= 11 is 7.58. The van der Waals surface area contributed by atoms with Crippen LogP contribution < -0.4 is 10.2 Å². The molecule has 1 atom stereocenters. The van der Waals surface area contributed by atoms with Gasteiger partial charge < -0.3 is 10.2 Å². The number of hydrogen-bond donors (Lipinski definition) is 1. The van der Waals surface area contributed by atoms with Crippen molar-refractivity contribution in [3.8, 4) is 0 Å². The van der Waals surface area contributed by atoms with Crippen molar-refractivity contribution in [2.24, 2.45) is 0 Å². The topological polar surface area (TPSA) is 15.3 Å². The summed E-state index contributed by atoms with van der Waals surface area (Å²) in [6.45, 7) is 2.14. The lowest BCUT2D eigenvalue weighted by Gasteiger charge is -2.17. The van der Waals surface area contributed by atoms with Crippen molar-refractivity contribution in [2.45, 2.75) is 13.0 Å². The zero-order valence-corrected chi connectivity index (χ0v) is 12.3. The second-order valence-corrected chi connectivity index (χ2v) is 6.20. The monoisotopic (exact) mass is 280 g/mol. The van der Waals surface area contributed by atoms with Crippen molar-refractivity contribution >= 4 is 34.3 Å². The van der Waals surface area contributed by atoms with Crippen LogP contribution in [-0.2, 0) is 0 Å². The average Bonchev–Trinajstić information content (AvgIpc) is 2.76. The quantitative estimate of drug-likeness (QED) is 0.878. The third-order valence-electron chi connectivity index (χ3n) is 2.77. The fraction of sp³-hybridized carbons (Fsp3) is 0.286. The van der Waals surface area contributed by atoms with E-state index in [9.17, 15) is 0 Å². The highest BCUT2D eigenvalue weighted by Crippen LogP contribution is 2.29. The zero-order chi connectivity index (χ0) is 13.1.